The first-order chi connectivity index (χ1) is 17.8. The molecule has 1 N–H and O–H groups in total. The summed E-state index contributed by atoms with van der Waals surface area (Å²) in [5, 5.41) is 8.84. The third kappa shape index (κ3) is 3.64. The van der Waals surface area contributed by atoms with Gasteiger partial charge in [0.25, 0.3) is 0 Å². The molecule has 1 nitrogen and oxygen atoms in total. The number of hydrogen-bond donors (Lipinski definition) is 1. The zero-order valence-corrected chi connectivity index (χ0v) is 20.4. The maximum Gasteiger partial charge on any atom is 0.0590 e. The van der Waals surface area contributed by atoms with E-state index in [4.69, 9.17) is 0 Å². The molecule has 0 aliphatic heterocycles. The summed E-state index contributed by atoms with van der Waals surface area (Å²) in [6.07, 6.45) is 0. The first kappa shape index (κ1) is 20.9. The summed E-state index contributed by atoms with van der Waals surface area (Å²) in [5.41, 5.74) is 7.19. The second-order valence-corrected chi connectivity index (χ2v) is 10.1. The van der Waals surface area contributed by atoms with Gasteiger partial charge in [-0.2, -0.15) is 0 Å². The van der Waals surface area contributed by atoms with Crippen LogP contribution in [-0.2, 0) is 0 Å². The van der Waals surface area contributed by atoms with Gasteiger partial charge in [-0.3, -0.25) is 0 Å². The number of anilines is 2. The minimum absolute atomic E-state index is 1.09. The molecule has 0 saturated heterocycles. The van der Waals surface area contributed by atoms with E-state index >= 15 is 0 Å². The van der Waals surface area contributed by atoms with E-state index in [9.17, 15) is 0 Å². The summed E-state index contributed by atoms with van der Waals surface area (Å²) in [6, 6.07) is 47.8. The fourth-order valence-electron chi connectivity index (χ4n) is 5.07. The van der Waals surface area contributed by atoms with Gasteiger partial charge in [0.2, 0.25) is 0 Å². The fraction of sp³-hybridized carbons (Fsp3) is 0. The van der Waals surface area contributed by atoms with Crippen molar-refractivity contribution in [1.82, 2.24) is 0 Å². The van der Waals surface area contributed by atoms with Gasteiger partial charge in [0.15, 0.2) is 0 Å². The number of benzene rings is 6. The van der Waals surface area contributed by atoms with Crippen LogP contribution in [-0.4, -0.2) is 0 Å². The second kappa shape index (κ2) is 8.67. The monoisotopic (exact) mass is 477 g/mol. The Morgan fingerprint density at radius 3 is 1.89 bits per heavy atom. The number of hydrogen-bond acceptors (Lipinski definition) is 2. The van der Waals surface area contributed by atoms with Crippen molar-refractivity contribution in [2.24, 2.45) is 0 Å². The van der Waals surface area contributed by atoms with Crippen LogP contribution in [0.15, 0.2) is 133 Å². The Bertz CT molecular complexity index is 1840. The summed E-state index contributed by atoms with van der Waals surface area (Å²) < 4.78 is 2.62. The van der Waals surface area contributed by atoms with Gasteiger partial charge in [0.1, 0.15) is 0 Å². The summed E-state index contributed by atoms with van der Waals surface area (Å²) >= 11 is 1.85. The molecule has 0 unspecified atom stereocenters. The lowest BCUT2D eigenvalue weighted by atomic mass is 9.96. The molecule has 0 atom stereocenters. The van der Waals surface area contributed by atoms with E-state index in [0.29, 0.717) is 0 Å². The van der Waals surface area contributed by atoms with Crippen LogP contribution in [0, 0.1) is 0 Å². The fourth-order valence-corrected chi connectivity index (χ4v) is 6.24. The zero-order valence-electron chi connectivity index (χ0n) is 19.6. The molecule has 7 aromatic rings. The Balaban J connectivity index is 1.16. The first-order valence-electron chi connectivity index (χ1n) is 12.2. The van der Waals surface area contributed by atoms with Crippen molar-refractivity contribution >= 4 is 53.7 Å². The molecule has 0 spiro atoms. The third-order valence-corrected chi connectivity index (χ3v) is 8.11. The molecule has 36 heavy (non-hydrogen) atoms. The molecule has 0 fully saturated rings. The van der Waals surface area contributed by atoms with Crippen molar-refractivity contribution in [3.8, 4) is 22.3 Å². The minimum Gasteiger partial charge on any atom is -0.354 e. The van der Waals surface area contributed by atoms with Crippen molar-refractivity contribution in [2.45, 2.75) is 0 Å². The van der Waals surface area contributed by atoms with E-state index in [1.165, 1.54) is 53.2 Å². The summed E-state index contributed by atoms with van der Waals surface area (Å²) in [7, 11) is 0. The highest BCUT2D eigenvalue weighted by Gasteiger charge is 2.09. The number of thiophene rings is 1. The lowest BCUT2D eigenvalue weighted by Crippen LogP contribution is -1.90. The standard InChI is InChI=1S/C34H23NS/c1-2-9-28-25(7-1)8-5-11-29(28)26-17-15-23(16-18-26)24-19-21-27(22-20-24)35-32-13-6-12-31-30-10-3-4-14-33(30)36-34(31)32/h1-22,35H. The van der Waals surface area contributed by atoms with Crippen LogP contribution in [0.3, 0.4) is 0 Å². The largest absolute Gasteiger partial charge is 0.354 e. The number of fused-ring (bicyclic) bond motifs is 4. The van der Waals surface area contributed by atoms with Crippen LogP contribution in [0.2, 0.25) is 0 Å². The Morgan fingerprint density at radius 1 is 0.444 bits per heavy atom. The molecule has 0 radical (unpaired) electrons. The highest BCUT2D eigenvalue weighted by Crippen LogP contribution is 2.39. The van der Waals surface area contributed by atoms with E-state index in [0.717, 1.165) is 11.4 Å². The Morgan fingerprint density at radius 2 is 1.06 bits per heavy atom. The highest BCUT2D eigenvalue weighted by atomic mass is 32.1. The molecule has 1 aromatic heterocycles. The van der Waals surface area contributed by atoms with Crippen LogP contribution in [0.5, 0.6) is 0 Å². The van der Waals surface area contributed by atoms with Crippen LogP contribution in [0.1, 0.15) is 0 Å². The predicted molar refractivity (Wildman–Crippen MR) is 157 cm³/mol. The van der Waals surface area contributed by atoms with Crippen LogP contribution in [0.4, 0.5) is 11.4 Å². The van der Waals surface area contributed by atoms with E-state index < -0.39 is 0 Å². The molecule has 0 amide bonds. The van der Waals surface area contributed by atoms with Crippen LogP contribution >= 0.6 is 11.3 Å². The Labute approximate surface area is 214 Å². The molecule has 170 valence electrons. The molecule has 0 saturated carbocycles. The highest BCUT2D eigenvalue weighted by molar-refractivity contribution is 7.26. The molecular weight excluding hydrogens is 454 g/mol. The van der Waals surface area contributed by atoms with Gasteiger partial charge in [-0.15, -0.1) is 11.3 Å². The predicted octanol–water partition coefficient (Wildman–Crippen LogP) is 10.3. The zero-order chi connectivity index (χ0) is 23.9. The SMILES string of the molecule is c1ccc2c(-c3ccc(-c4ccc(Nc5cccc6c5sc5ccccc56)cc4)cc3)cccc2c1. The normalized spacial score (nSPS) is 11.3. The molecule has 6 aromatic carbocycles. The number of rotatable bonds is 4. The van der Waals surface area contributed by atoms with E-state index in [1.54, 1.807) is 0 Å². The van der Waals surface area contributed by atoms with Gasteiger partial charge >= 0.3 is 0 Å². The van der Waals surface area contributed by atoms with Crippen molar-refractivity contribution in [2.75, 3.05) is 5.32 Å². The molecule has 2 heteroatoms. The van der Waals surface area contributed by atoms with Gasteiger partial charge in [0.05, 0.1) is 10.4 Å². The van der Waals surface area contributed by atoms with Gasteiger partial charge in [-0.1, -0.05) is 109 Å². The van der Waals surface area contributed by atoms with Crippen molar-refractivity contribution in [1.29, 1.82) is 0 Å². The lowest BCUT2D eigenvalue weighted by molar-refractivity contribution is 1.56. The van der Waals surface area contributed by atoms with E-state index in [1.807, 2.05) is 11.3 Å². The van der Waals surface area contributed by atoms with Crippen molar-refractivity contribution < 1.29 is 0 Å². The molecule has 0 aliphatic carbocycles. The first-order valence-corrected chi connectivity index (χ1v) is 13.0. The molecule has 0 aliphatic rings. The summed E-state index contributed by atoms with van der Waals surface area (Å²) in [4.78, 5) is 0. The Hall–Kier alpha value is -4.40. The van der Waals surface area contributed by atoms with Gasteiger partial charge in [0, 0.05) is 21.2 Å². The molecule has 1 heterocycles. The van der Waals surface area contributed by atoms with E-state index in [-0.39, 0.29) is 0 Å². The van der Waals surface area contributed by atoms with Gasteiger partial charge in [-0.05, 0) is 57.3 Å². The Kier molecular flexibility index (Phi) is 5.04. The van der Waals surface area contributed by atoms with Gasteiger partial charge in [-0.25, -0.2) is 0 Å². The number of nitrogens with one attached hydrogen (secondary N) is 1. The molecular formula is C34H23NS. The third-order valence-electron chi connectivity index (χ3n) is 6.89. The maximum atomic E-state index is 3.64. The summed E-state index contributed by atoms with van der Waals surface area (Å²) in [5.74, 6) is 0. The average Bonchev–Trinajstić information content (AvgIpc) is 3.33. The van der Waals surface area contributed by atoms with Crippen LogP contribution in [0.25, 0.3) is 53.2 Å². The lowest BCUT2D eigenvalue weighted by Gasteiger charge is -2.10. The molecule has 0 bridgehead atoms. The minimum atomic E-state index is 1.09. The van der Waals surface area contributed by atoms with Gasteiger partial charge < -0.3 is 5.32 Å². The second-order valence-electron chi connectivity index (χ2n) is 9.09. The molecule has 7 rings (SSSR count). The van der Waals surface area contributed by atoms with Crippen molar-refractivity contribution in [3.05, 3.63) is 133 Å². The average molecular weight is 478 g/mol. The quantitative estimate of drug-likeness (QED) is 0.266. The van der Waals surface area contributed by atoms with Crippen LogP contribution < -0.4 is 5.32 Å². The summed E-state index contributed by atoms with van der Waals surface area (Å²) in [6.45, 7) is 0. The topological polar surface area (TPSA) is 12.0 Å². The maximum absolute atomic E-state index is 3.64. The van der Waals surface area contributed by atoms with Crippen molar-refractivity contribution in [3.63, 3.8) is 0 Å². The van der Waals surface area contributed by atoms with E-state index in [2.05, 4.69) is 139 Å². The smallest absolute Gasteiger partial charge is 0.0590 e.